The Labute approximate surface area is 207 Å². The molecule has 1 aliphatic heterocycles. The third-order valence-electron chi connectivity index (χ3n) is 10.2. The molecule has 1 saturated heterocycles. The number of fused-ring (bicyclic) bond motifs is 5. The number of rotatable bonds is 3. The fraction of sp³-hybridized carbons (Fsp3) is 0.889. The summed E-state index contributed by atoms with van der Waals surface area (Å²) in [6.07, 6.45) is 4.60. The molecule has 0 bridgehead atoms. The Morgan fingerprint density at radius 1 is 0.800 bits per heavy atom. The van der Waals surface area contributed by atoms with Crippen LogP contribution in [0.15, 0.2) is 0 Å². The van der Waals surface area contributed by atoms with Crippen LogP contribution in [0, 0.1) is 34.5 Å². The van der Waals surface area contributed by atoms with E-state index in [0.29, 0.717) is 32.0 Å². The highest BCUT2D eigenvalue weighted by molar-refractivity contribution is 5.68. The van der Waals surface area contributed by atoms with Crippen molar-refractivity contribution in [2.24, 2.45) is 34.5 Å². The molecule has 0 N–H and O–H groups in total. The van der Waals surface area contributed by atoms with E-state index in [1.165, 1.54) is 20.8 Å². The van der Waals surface area contributed by atoms with E-state index in [1.807, 2.05) is 0 Å². The molecule has 0 aromatic rings. The number of carbonyl (C=O) groups is 3. The van der Waals surface area contributed by atoms with Crippen molar-refractivity contribution in [2.75, 3.05) is 13.2 Å². The van der Waals surface area contributed by atoms with Gasteiger partial charge in [-0.2, -0.15) is 0 Å². The highest BCUT2D eigenvalue weighted by Gasteiger charge is 2.70. The second-order valence-corrected chi connectivity index (χ2v) is 12.1. The molecule has 9 atom stereocenters. The lowest BCUT2D eigenvalue weighted by atomic mass is 9.43. The predicted octanol–water partition coefficient (Wildman–Crippen LogP) is 3.79. The van der Waals surface area contributed by atoms with Crippen LogP contribution in [-0.2, 0) is 38.1 Å². The van der Waals surface area contributed by atoms with E-state index in [2.05, 4.69) is 13.8 Å². The molecule has 0 aromatic carbocycles. The van der Waals surface area contributed by atoms with Crippen molar-refractivity contribution in [1.82, 2.24) is 0 Å². The summed E-state index contributed by atoms with van der Waals surface area (Å²) in [7, 11) is 0. The Morgan fingerprint density at radius 3 is 2.09 bits per heavy atom. The molecule has 8 heteroatoms. The lowest BCUT2D eigenvalue weighted by Gasteiger charge is -2.65. The van der Waals surface area contributed by atoms with Gasteiger partial charge in [-0.1, -0.05) is 20.3 Å². The normalized spacial score (nSPS) is 45.7. The largest absolute Gasteiger partial charge is 0.462 e. The van der Waals surface area contributed by atoms with E-state index < -0.39 is 18.0 Å². The fourth-order valence-corrected chi connectivity index (χ4v) is 9.03. The van der Waals surface area contributed by atoms with Crippen molar-refractivity contribution < 1.29 is 38.1 Å². The zero-order chi connectivity index (χ0) is 25.2. The van der Waals surface area contributed by atoms with Crippen molar-refractivity contribution in [3.63, 3.8) is 0 Å². The highest BCUT2D eigenvalue weighted by Crippen LogP contribution is 2.68. The maximum Gasteiger partial charge on any atom is 0.303 e. The summed E-state index contributed by atoms with van der Waals surface area (Å²) in [5.74, 6) is -1.14. The number of hydrogen-bond acceptors (Lipinski definition) is 8. The van der Waals surface area contributed by atoms with Crippen LogP contribution in [0.1, 0.15) is 79.6 Å². The first kappa shape index (κ1) is 25.0. The molecule has 4 aliphatic carbocycles. The monoisotopic (exact) mass is 492 g/mol. The van der Waals surface area contributed by atoms with Crippen LogP contribution in [0.25, 0.3) is 0 Å². The third kappa shape index (κ3) is 3.99. The van der Waals surface area contributed by atoms with Gasteiger partial charge in [-0.05, 0) is 42.9 Å². The third-order valence-corrected chi connectivity index (χ3v) is 10.2. The van der Waals surface area contributed by atoms with Gasteiger partial charge in [0.1, 0.15) is 18.3 Å². The molecule has 0 radical (unpaired) electrons. The average Bonchev–Trinajstić information content (AvgIpc) is 3.38. The molecule has 1 spiro atoms. The quantitative estimate of drug-likeness (QED) is 0.434. The number of esters is 3. The van der Waals surface area contributed by atoms with Crippen LogP contribution in [-0.4, -0.2) is 55.2 Å². The molecule has 0 aromatic heterocycles. The van der Waals surface area contributed by atoms with Crippen molar-refractivity contribution in [1.29, 1.82) is 0 Å². The number of hydrogen-bond donors (Lipinski definition) is 0. The summed E-state index contributed by atoms with van der Waals surface area (Å²) < 4.78 is 30.4. The van der Waals surface area contributed by atoms with Gasteiger partial charge in [0, 0.05) is 50.9 Å². The summed E-state index contributed by atoms with van der Waals surface area (Å²) in [6.45, 7) is 9.93. The van der Waals surface area contributed by atoms with Gasteiger partial charge in [0.2, 0.25) is 0 Å². The molecule has 196 valence electrons. The Balaban J connectivity index is 1.60. The molecule has 8 nitrogen and oxygen atoms in total. The lowest BCUT2D eigenvalue weighted by molar-refractivity contribution is -0.281. The average molecular weight is 493 g/mol. The standard InChI is InChI=1S/C27H40O8/c1-15(28)33-21-13-18-19-7-6-8-26(19,5)24(35-17(3)30)23(34-16(2)29)22(18)25(4)9-10-27(14-20(21)25)31-11-12-32-27/h18-24H,6-14H2,1-5H3. The van der Waals surface area contributed by atoms with Crippen molar-refractivity contribution in [2.45, 2.75) is 104 Å². The van der Waals surface area contributed by atoms with E-state index in [0.717, 1.165) is 32.1 Å². The van der Waals surface area contributed by atoms with E-state index >= 15 is 0 Å². The second kappa shape index (κ2) is 8.72. The Hall–Kier alpha value is -1.67. The van der Waals surface area contributed by atoms with Crippen LogP contribution in [0.3, 0.4) is 0 Å². The van der Waals surface area contributed by atoms with Crippen molar-refractivity contribution >= 4 is 17.9 Å². The summed E-state index contributed by atoms with van der Waals surface area (Å²) in [5.41, 5.74) is -0.587. The Bertz CT molecular complexity index is 880. The zero-order valence-electron chi connectivity index (χ0n) is 21.7. The van der Waals surface area contributed by atoms with Gasteiger partial charge in [0.15, 0.2) is 5.79 Å². The first-order chi connectivity index (χ1) is 16.5. The minimum atomic E-state index is -0.641. The van der Waals surface area contributed by atoms with Crippen molar-refractivity contribution in [3.05, 3.63) is 0 Å². The van der Waals surface area contributed by atoms with E-state index in [1.54, 1.807) is 0 Å². The Kier molecular flexibility index (Phi) is 6.23. The lowest BCUT2D eigenvalue weighted by Crippen LogP contribution is -2.68. The van der Waals surface area contributed by atoms with Gasteiger partial charge in [0.25, 0.3) is 0 Å². The summed E-state index contributed by atoms with van der Waals surface area (Å²) in [5, 5.41) is 0. The SMILES string of the molecule is CC(=O)OC1CC2C3CCCC3(C)C(OC(C)=O)C(OC(C)=O)C2C2(C)CCC3(CC12)OCCO3. The van der Waals surface area contributed by atoms with Crippen LogP contribution < -0.4 is 0 Å². The molecule has 5 aliphatic rings. The molecule has 35 heavy (non-hydrogen) atoms. The number of ether oxygens (including phenoxy) is 5. The second-order valence-electron chi connectivity index (χ2n) is 12.1. The van der Waals surface area contributed by atoms with E-state index in [9.17, 15) is 14.4 Å². The Morgan fingerprint density at radius 2 is 1.46 bits per heavy atom. The highest BCUT2D eigenvalue weighted by atomic mass is 16.7. The molecule has 1 heterocycles. The smallest absolute Gasteiger partial charge is 0.303 e. The number of carbonyl (C=O) groups excluding carboxylic acids is 3. The molecular formula is C27H40O8. The van der Waals surface area contributed by atoms with Gasteiger partial charge < -0.3 is 23.7 Å². The first-order valence-corrected chi connectivity index (χ1v) is 13.3. The van der Waals surface area contributed by atoms with Crippen LogP contribution in [0.5, 0.6) is 0 Å². The van der Waals surface area contributed by atoms with Crippen LogP contribution in [0.4, 0.5) is 0 Å². The van der Waals surface area contributed by atoms with Gasteiger partial charge in [-0.3, -0.25) is 14.4 Å². The summed E-state index contributed by atoms with van der Waals surface area (Å²) in [4.78, 5) is 36.9. The van der Waals surface area contributed by atoms with Crippen LogP contribution in [0.2, 0.25) is 0 Å². The van der Waals surface area contributed by atoms with Gasteiger partial charge in [-0.25, -0.2) is 0 Å². The molecule has 4 saturated carbocycles. The molecule has 9 unspecified atom stereocenters. The fourth-order valence-electron chi connectivity index (χ4n) is 9.03. The summed E-state index contributed by atoms with van der Waals surface area (Å²) in [6, 6.07) is 0. The van der Waals surface area contributed by atoms with E-state index in [-0.39, 0.29) is 52.6 Å². The minimum absolute atomic E-state index is 0.0116. The first-order valence-electron chi connectivity index (χ1n) is 13.3. The topological polar surface area (TPSA) is 97.4 Å². The van der Waals surface area contributed by atoms with Crippen LogP contribution >= 0.6 is 0 Å². The minimum Gasteiger partial charge on any atom is -0.462 e. The molecule has 0 amide bonds. The molecular weight excluding hydrogens is 452 g/mol. The van der Waals surface area contributed by atoms with Gasteiger partial charge >= 0.3 is 17.9 Å². The predicted molar refractivity (Wildman–Crippen MR) is 124 cm³/mol. The van der Waals surface area contributed by atoms with Gasteiger partial charge in [0.05, 0.1) is 13.2 Å². The van der Waals surface area contributed by atoms with E-state index in [4.69, 9.17) is 23.7 Å². The van der Waals surface area contributed by atoms with Crippen molar-refractivity contribution in [3.8, 4) is 0 Å². The zero-order valence-corrected chi connectivity index (χ0v) is 21.7. The van der Waals surface area contributed by atoms with Gasteiger partial charge in [-0.15, -0.1) is 0 Å². The maximum atomic E-state index is 12.4. The molecule has 5 rings (SSSR count). The molecule has 5 fully saturated rings. The maximum absolute atomic E-state index is 12.4. The summed E-state index contributed by atoms with van der Waals surface area (Å²) >= 11 is 0.